The highest BCUT2D eigenvalue weighted by Crippen LogP contribution is 2.28. The topological polar surface area (TPSA) is 89.0 Å². The number of nitrogens with one attached hydrogen (secondary N) is 2. The molecule has 0 aliphatic heterocycles. The minimum Gasteiger partial charge on any atom is -0.493 e. The number of nitrogens with zero attached hydrogens (tertiary/aromatic N) is 1. The zero-order chi connectivity index (χ0) is 24.2. The minimum absolute atomic E-state index is 0.139. The second-order valence-electron chi connectivity index (χ2n) is 7.39. The molecule has 0 spiro atoms. The van der Waals surface area contributed by atoms with Gasteiger partial charge in [0.2, 0.25) is 11.8 Å². The zero-order valence-corrected chi connectivity index (χ0v) is 20.4. The predicted octanol–water partition coefficient (Wildman–Crippen LogP) is 5.30. The number of rotatable bonds is 11. The van der Waals surface area contributed by atoms with E-state index in [1.54, 1.807) is 31.4 Å². The molecule has 8 heteroatoms. The summed E-state index contributed by atoms with van der Waals surface area (Å²) in [6.45, 7) is 0.432. The lowest BCUT2D eigenvalue weighted by atomic mass is 10.2. The number of hydrogen-bond acceptors (Lipinski definition) is 5. The van der Waals surface area contributed by atoms with E-state index in [1.165, 1.54) is 6.21 Å². The maximum Gasteiger partial charge on any atom is 0.240 e. The van der Waals surface area contributed by atoms with E-state index < -0.39 is 0 Å². The van der Waals surface area contributed by atoms with Crippen molar-refractivity contribution in [3.05, 3.63) is 88.4 Å². The first-order valence-electron chi connectivity index (χ1n) is 10.8. The zero-order valence-electron chi connectivity index (χ0n) is 18.8. The summed E-state index contributed by atoms with van der Waals surface area (Å²) in [4.78, 5) is 24.0. The van der Waals surface area contributed by atoms with E-state index in [-0.39, 0.29) is 24.7 Å². The summed E-state index contributed by atoms with van der Waals surface area (Å²) in [5.41, 5.74) is 5.01. The van der Waals surface area contributed by atoms with Crippen LogP contribution in [-0.4, -0.2) is 25.1 Å². The Morgan fingerprint density at radius 3 is 2.41 bits per heavy atom. The number of hydrazone groups is 1. The molecule has 0 radical (unpaired) electrons. The number of benzene rings is 3. The van der Waals surface area contributed by atoms with E-state index in [4.69, 9.17) is 9.47 Å². The smallest absolute Gasteiger partial charge is 0.240 e. The Balaban J connectivity index is 1.40. The van der Waals surface area contributed by atoms with Gasteiger partial charge in [-0.25, -0.2) is 5.43 Å². The summed E-state index contributed by atoms with van der Waals surface area (Å²) >= 11 is 3.35. The van der Waals surface area contributed by atoms with Crippen molar-refractivity contribution >= 4 is 39.6 Å². The number of amides is 2. The van der Waals surface area contributed by atoms with Crippen LogP contribution in [0.15, 0.2) is 82.4 Å². The molecule has 0 bridgehead atoms. The molecule has 0 saturated carbocycles. The standard InChI is InChI=1S/C26H26BrN3O4/c1-33-24-16-20(10-15-23(24)34-18-19-6-3-2-4-7-19)17-28-30-26(32)9-5-8-25(31)29-22-13-11-21(27)12-14-22/h2-4,6-7,10-17H,5,8-9,18H2,1H3,(H,29,31)(H,30,32)/b28-17-. The normalized spacial score (nSPS) is 10.6. The minimum atomic E-state index is -0.262. The van der Waals surface area contributed by atoms with Crippen molar-refractivity contribution in [1.82, 2.24) is 5.43 Å². The number of methoxy groups -OCH3 is 1. The van der Waals surface area contributed by atoms with Crippen LogP contribution in [-0.2, 0) is 16.2 Å². The van der Waals surface area contributed by atoms with Gasteiger partial charge >= 0.3 is 0 Å². The molecule has 176 valence electrons. The number of carbonyl (C=O) groups is 2. The van der Waals surface area contributed by atoms with Gasteiger partial charge < -0.3 is 14.8 Å². The fraction of sp³-hybridized carbons (Fsp3) is 0.192. The van der Waals surface area contributed by atoms with Gasteiger partial charge in [0.05, 0.1) is 13.3 Å². The molecular weight excluding hydrogens is 498 g/mol. The Labute approximate surface area is 207 Å². The van der Waals surface area contributed by atoms with Crippen LogP contribution in [0.1, 0.15) is 30.4 Å². The van der Waals surface area contributed by atoms with Crippen molar-refractivity contribution in [1.29, 1.82) is 0 Å². The van der Waals surface area contributed by atoms with Crippen LogP contribution < -0.4 is 20.2 Å². The van der Waals surface area contributed by atoms with E-state index in [9.17, 15) is 9.59 Å². The van der Waals surface area contributed by atoms with Gasteiger partial charge in [-0.1, -0.05) is 46.3 Å². The molecule has 3 rings (SSSR count). The molecule has 3 aromatic carbocycles. The van der Waals surface area contributed by atoms with Gasteiger partial charge in [-0.2, -0.15) is 5.10 Å². The van der Waals surface area contributed by atoms with E-state index in [0.29, 0.717) is 30.2 Å². The molecule has 0 atom stereocenters. The van der Waals surface area contributed by atoms with Crippen LogP contribution in [0.5, 0.6) is 11.5 Å². The van der Waals surface area contributed by atoms with E-state index in [1.807, 2.05) is 48.5 Å². The largest absolute Gasteiger partial charge is 0.493 e. The molecule has 2 N–H and O–H groups in total. The quantitative estimate of drug-likeness (QED) is 0.263. The summed E-state index contributed by atoms with van der Waals surface area (Å²) in [6.07, 6.45) is 2.39. The number of carbonyl (C=O) groups excluding carboxylic acids is 2. The molecule has 3 aromatic rings. The second-order valence-corrected chi connectivity index (χ2v) is 8.30. The molecule has 0 heterocycles. The van der Waals surface area contributed by atoms with Crippen LogP contribution in [0.4, 0.5) is 5.69 Å². The van der Waals surface area contributed by atoms with Gasteiger partial charge in [0, 0.05) is 23.0 Å². The number of halogens is 1. The Bertz CT molecular complexity index is 1120. The first-order chi connectivity index (χ1) is 16.5. The number of hydrogen-bond donors (Lipinski definition) is 2. The van der Waals surface area contributed by atoms with Crippen LogP contribution >= 0.6 is 15.9 Å². The summed E-state index contributed by atoms with van der Waals surface area (Å²) in [6, 6.07) is 22.6. The van der Waals surface area contributed by atoms with Gasteiger partial charge in [0.1, 0.15) is 6.61 Å². The van der Waals surface area contributed by atoms with Crippen molar-refractivity contribution < 1.29 is 19.1 Å². The summed E-state index contributed by atoms with van der Waals surface area (Å²) in [5.74, 6) is 0.791. The third-order valence-electron chi connectivity index (χ3n) is 4.76. The average molecular weight is 524 g/mol. The molecule has 0 saturated heterocycles. The molecule has 34 heavy (non-hydrogen) atoms. The van der Waals surface area contributed by atoms with Crippen molar-refractivity contribution in [3.8, 4) is 11.5 Å². The second kappa shape index (κ2) is 13.2. The Morgan fingerprint density at radius 1 is 0.941 bits per heavy atom. The highest BCUT2D eigenvalue weighted by molar-refractivity contribution is 9.10. The van der Waals surface area contributed by atoms with Gasteiger partial charge in [-0.15, -0.1) is 0 Å². The molecule has 0 fully saturated rings. The van der Waals surface area contributed by atoms with Crippen LogP contribution in [0.25, 0.3) is 0 Å². The van der Waals surface area contributed by atoms with Gasteiger partial charge in [-0.3, -0.25) is 9.59 Å². The monoisotopic (exact) mass is 523 g/mol. The van der Waals surface area contributed by atoms with E-state index in [2.05, 4.69) is 31.8 Å². The fourth-order valence-electron chi connectivity index (χ4n) is 3.02. The Kier molecular flexibility index (Phi) is 9.66. The first kappa shape index (κ1) is 25.0. The lowest BCUT2D eigenvalue weighted by molar-refractivity contribution is -0.121. The summed E-state index contributed by atoms with van der Waals surface area (Å²) in [7, 11) is 1.57. The van der Waals surface area contributed by atoms with E-state index >= 15 is 0 Å². The molecule has 0 aromatic heterocycles. The van der Waals surface area contributed by atoms with E-state index in [0.717, 1.165) is 15.6 Å². The SMILES string of the molecule is COc1cc(/C=N\NC(=O)CCCC(=O)Nc2ccc(Br)cc2)ccc1OCc1ccccc1. The Morgan fingerprint density at radius 2 is 1.68 bits per heavy atom. The van der Waals surface area contributed by atoms with Crippen molar-refractivity contribution in [2.24, 2.45) is 5.10 Å². The highest BCUT2D eigenvalue weighted by Gasteiger charge is 2.07. The van der Waals surface area contributed by atoms with Gasteiger partial charge in [0.15, 0.2) is 11.5 Å². The highest BCUT2D eigenvalue weighted by atomic mass is 79.9. The van der Waals surface area contributed by atoms with Gasteiger partial charge in [-0.05, 0) is 60.0 Å². The third-order valence-corrected chi connectivity index (χ3v) is 5.29. The van der Waals surface area contributed by atoms with Crippen molar-refractivity contribution in [2.45, 2.75) is 25.9 Å². The molecular formula is C26H26BrN3O4. The van der Waals surface area contributed by atoms with Gasteiger partial charge in [0.25, 0.3) is 0 Å². The van der Waals surface area contributed by atoms with Crippen molar-refractivity contribution in [2.75, 3.05) is 12.4 Å². The maximum absolute atomic E-state index is 12.0. The molecule has 0 aliphatic rings. The Hall–Kier alpha value is -3.65. The van der Waals surface area contributed by atoms with Crippen LogP contribution in [0.3, 0.4) is 0 Å². The lowest BCUT2D eigenvalue weighted by Gasteiger charge is -2.11. The molecule has 0 unspecified atom stereocenters. The average Bonchev–Trinajstić information content (AvgIpc) is 2.85. The number of ether oxygens (including phenoxy) is 2. The fourth-order valence-corrected chi connectivity index (χ4v) is 3.28. The maximum atomic E-state index is 12.0. The molecule has 7 nitrogen and oxygen atoms in total. The molecule has 0 aliphatic carbocycles. The van der Waals surface area contributed by atoms with Crippen LogP contribution in [0.2, 0.25) is 0 Å². The third kappa shape index (κ3) is 8.37. The van der Waals surface area contributed by atoms with Crippen LogP contribution in [0, 0.1) is 0 Å². The summed E-state index contributed by atoms with van der Waals surface area (Å²) in [5, 5.41) is 6.79. The first-order valence-corrected chi connectivity index (χ1v) is 11.5. The van der Waals surface area contributed by atoms with Crippen molar-refractivity contribution in [3.63, 3.8) is 0 Å². The number of anilines is 1. The summed E-state index contributed by atoms with van der Waals surface area (Å²) < 4.78 is 12.2. The predicted molar refractivity (Wildman–Crippen MR) is 136 cm³/mol. The molecule has 2 amide bonds. The lowest BCUT2D eigenvalue weighted by Crippen LogP contribution is -2.18.